The van der Waals surface area contributed by atoms with Crippen molar-refractivity contribution in [2.45, 2.75) is 59.2 Å². The highest BCUT2D eigenvalue weighted by Gasteiger charge is 2.63. The van der Waals surface area contributed by atoms with Crippen LogP contribution in [0.1, 0.15) is 38.7 Å². The molecule has 1 N–H and O–H groups in total. The van der Waals surface area contributed by atoms with Gasteiger partial charge in [-0.1, -0.05) is 43.3 Å². The number of benzene rings is 3. The zero-order valence-corrected chi connectivity index (χ0v) is 22.7. The third kappa shape index (κ3) is 6.79. The molecule has 0 aliphatic heterocycles. The maximum Gasteiger partial charge on any atom is 0.402 e. The summed E-state index contributed by atoms with van der Waals surface area (Å²) >= 11 is 0. The number of carbonyl (C=O) groups excluding carboxylic acids is 1. The molecule has 210 valence electrons. The highest BCUT2D eigenvalue weighted by molar-refractivity contribution is 7.97. The summed E-state index contributed by atoms with van der Waals surface area (Å²) in [6.07, 6.45) is -5.13. The van der Waals surface area contributed by atoms with Crippen molar-refractivity contribution in [3.05, 3.63) is 84.4 Å². The topological polar surface area (TPSA) is 80.7 Å². The summed E-state index contributed by atoms with van der Waals surface area (Å²) in [7, 11) is -7.34. The van der Waals surface area contributed by atoms with E-state index in [0.717, 1.165) is 17.0 Å². The molecule has 0 amide bonds. The molecule has 0 radical (unpaired) electrons. The van der Waals surface area contributed by atoms with Crippen LogP contribution in [-0.4, -0.2) is 30.4 Å². The van der Waals surface area contributed by atoms with Crippen LogP contribution in [0.2, 0.25) is 0 Å². The number of esters is 1. The molecule has 5 nitrogen and oxygen atoms in total. The lowest BCUT2D eigenvalue weighted by molar-refractivity contribution is -0.188. The minimum Gasteiger partial charge on any atom is -0.426 e. The molecule has 3 aromatic rings. The van der Waals surface area contributed by atoms with E-state index in [1.54, 1.807) is 68.4 Å². The Morgan fingerprint density at radius 3 is 1.92 bits per heavy atom. The van der Waals surface area contributed by atoms with Crippen molar-refractivity contribution < 1.29 is 44.5 Å². The van der Waals surface area contributed by atoms with E-state index >= 15 is 0 Å². The first-order valence-corrected chi connectivity index (χ1v) is 14.3. The normalized spacial score (nSPS) is 14.5. The van der Waals surface area contributed by atoms with Gasteiger partial charge in [-0.25, -0.2) is 0 Å². The molecule has 0 heterocycles. The van der Waals surface area contributed by atoms with Crippen molar-refractivity contribution in [3.8, 4) is 5.75 Å². The molecule has 3 aromatic carbocycles. The number of hydrogen-bond acceptors (Lipinski definition) is 4. The molecular weight excluding hydrogens is 563 g/mol. The Balaban J connectivity index is 2.08. The average Bonchev–Trinajstić information content (AvgIpc) is 2.84. The van der Waals surface area contributed by atoms with Crippen molar-refractivity contribution in [2.75, 3.05) is 0 Å². The van der Waals surface area contributed by atoms with Gasteiger partial charge in [-0.05, 0) is 62.2 Å². The Labute approximate surface area is 226 Å². The van der Waals surface area contributed by atoms with Crippen molar-refractivity contribution in [3.63, 3.8) is 0 Å². The van der Waals surface area contributed by atoms with Gasteiger partial charge in [0.2, 0.25) is 0 Å². The van der Waals surface area contributed by atoms with Crippen LogP contribution in [0.4, 0.5) is 22.0 Å². The van der Waals surface area contributed by atoms with Gasteiger partial charge in [-0.3, -0.25) is 9.35 Å². The van der Waals surface area contributed by atoms with Crippen LogP contribution < -0.4 is 4.74 Å². The molecule has 0 bridgehead atoms. The molecule has 0 saturated heterocycles. The van der Waals surface area contributed by atoms with E-state index in [4.69, 9.17) is 9.29 Å². The number of alkyl halides is 5. The molecular formula is C27H26F5O5S2+. The van der Waals surface area contributed by atoms with Gasteiger partial charge >= 0.3 is 27.5 Å². The second-order valence-electron chi connectivity index (χ2n) is 9.30. The number of halogens is 5. The van der Waals surface area contributed by atoms with E-state index in [2.05, 4.69) is 0 Å². The van der Waals surface area contributed by atoms with Crippen LogP contribution in [0.15, 0.2) is 93.5 Å². The maximum absolute atomic E-state index is 14.2. The van der Waals surface area contributed by atoms with E-state index in [1.165, 1.54) is 12.1 Å². The van der Waals surface area contributed by atoms with Crippen LogP contribution in [0.5, 0.6) is 5.75 Å². The van der Waals surface area contributed by atoms with E-state index in [9.17, 15) is 35.2 Å². The number of hydrogen-bond donors (Lipinski definition) is 1. The molecule has 0 aromatic heterocycles. The Morgan fingerprint density at radius 2 is 1.41 bits per heavy atom. The van der Waals surface area contributed by atoms with Crippen LogP contribution in [0, 0.1) is 5.41 Å². The maximum atomic E-state index is 14.2. The van der Waals surface area contributed by atoms with Crippen molar-refractivity contribution in [1.82, 2.24) is 0 Å². The first kappa shape index (κ1) is 30.6. The van der Waals surface area contributed by atoms with Crippen LogP contribution in [0.3, 0.4) is 0 Å². The SMILES string of the molecule is CCC(C)(C)C(=O)Oc1cccc([S+](c2ccccc2)c2ccc(C(C(F)(F)F)C(F)(F)S(=O)(=O)O)cc2)c1. The zero-order valence-electron chi connectivity index (χ0n) is 21.1. The molecule has 0 aliphatic rings. The lowest BCUT2D eigenvalue weighted by Crippen LogP contribution is -2.43. The predicted octanol–water partition coefficient (Wildman–Crippen LogP) is 7.25. The fourth-order valence-corrected chi connectivity index (χ4v) is 6.21. The third-order valence-electron chi connectivity index (χ3n) is 6.12. The van der Waals surface area contributed by atoms with Gasteiger partial charge in [0.15, 0.2) is 20.6 Å². The summed E-state index contributed by atoms with van der Waals surface area (Å²) < 4.78 is 106. The molecule has 0 saturated carbocycles. The van der Waals surface area contributed by atoms with Gasteiger partial charge in [-0.2, -0.15) is 30.4 Å². The van der Waals surface area contributed by atoms with Gasteiger partial charge in [0.1, 0.15) is 5.75 Å². The Morgan fingerprint density at radius 1 is 0.872 bits per heavy atom. The standard InChI is InChI=1S/C27H25F5O5S2/c1-4-25(2,3)24(33)37-19-9-8-12-22(17-19)38(20-10-6-5-7-11-20)21-15-13-18(14-16-21)23(26(28,29)30)27(31,32)39(34,35)36/h5-17,23H,4H2,1-3H3/p+1. The monoisotopic (exact) mass is 589 g/mol. The van der Waals surface area contributed by atoms with E-state index in [-0.39, 0.29) is 5.75 Å². The summed E-state index contributed by atoms with van der Waals surface area (Å²) in [6.45, 7) is 5.34. The molecule has 3 rings (SSSR count). The van der Waals surface area contributed by atoms with Crippen LogP contribution >= 0.6 is 0 Å². The number of rotatable bonds is 9. The molecule has 12 heteroatoms. The molecule has 39 heavy (non-hydrogen) atoms. The summed E-state index contributed by atoms with van der Waals surface area (Å²) in [6, 6.07) is 19.4. The summed E-state index contributed by atoms with van der Waals surface area (Å²) in [5.41, 5.74) is -1.76. The minimum absolute atomic E-state index is 0.258. The summed E-state index contributed by atoms with van der Waals surface area (Å²) in [4.78, 5) is 14.4. The molecule has 0 fully saturated rings. The predicted molar refractivity (Wildman–Crippen MR) is 136 cm³/mol. The van der Waals surface area contributed by atoms with Gasteiger partial charge in [0.25, 0.3) is 0 Å². The first-order valence-electron chi connectivity index (χ1n) is 11.6. The highest BCUT2D eigenvalue weighted by atomic mass is 32.2. The Kier molecular flexibility index (Phi) is 8.83. The third-order valence-corrected chi connectivity index (χ3v) is 9.26. The quantitative estimate of drug-likeness (QED) is 0.0935. The summed E-state index contributed by atoms with van der Waals surface area (Å²) in [5.74, 6) is -3.96. The second kappa shape index (κ2) is 11.3. The fourth-order valence-electron chi connectivity index (χ4n) is 3.54. The first-order chi connectivity index (χ1) is 18.0. The largest absolute Gasteiger partial charge is 0.426 e. The fraction of sp³-hybridized carbons (Fsp3) is 0.296. The van der Waals surface area contributed by atoms with E-state index in [0.29, 0.717) is 16.2 Å². The number of carbonyl (C=O) groups is 1. The Bertz CT molecular complexity index is 1410. The second-order valence-corrected chi connectivity index (χ2v) is 12.8. The average molecular weight is 590 g/mol. The Hall–Kier alpha value is -2.96. The lowest BCUT2D eigenvalue weighted by atomic mass is 9.91. The highest BCUT2D eigenvalue weighted by Crippen LogP contribution is 2.48. The minimum atomic E-state index is -6.37. The summed E-state index contributed by atoms with van der Waals surface area (Å²) in [5, 5.41) is -5.50. The van der Waals surface area contributed by atoms with E-state index < -0.39 is 55.3 Å². The van der Waals surface area contributed by atoms with Gasteiger partial charge in [-0.15, -0.1) is 0 Å². The zero-order chi connectivity index (χ0) is 29.2. The smallest absolute Gasteiger partial charge is 0.402 e. The van der Waals surface area contributed by atoms with E-state index in [1.807, 2.05) is 6.92 Å². The van der Waals surface area contributed by atoms with Crippen molar-refractivity contribution >= 4 is 27.0 Å². The van der Waals surface area contributed by atoms with Crippen molar-refractivity contribution in [1.29, 1.82) is 0 Å². The molecule has 0 aliphatic carbocycles. The molecule has 0 spiro atoms. The lowest BCUT2D eigenvalue weighted by Gasteiger charge is -2.26. The number of ether oxygens (including phenoxy) is 1. The van der Waals surface area contributed by atoms with Crippen LogP contribution in [0.25, 0.3) is 0 Å². The van der Waals surface area contributed by atoms with Crippen LogP contribution in [-0.2, 0) is 25.8 Å². The van der Waals surface area contributed by atoms with Crippen molar-refractivity contribution in [2.24, 2.45) is 5.41 Å². The molecule has 2 unspecified atom stereocenters. The van der Waals surface area contributed by atoms with Gasteiger partial charge in [0, 0.05) is 6.07 Å². The van der Waals surface area contributed by atoms with Gasteiger partial charge in [0.05, 0.1) is 16.3 Å². The van der Waals surface area contributed by atoms with Gasteiger partial charge < -0.3 is 4.74 Å². The molecule has 2 atom stereocenters.